The number of aliphatic hydroxyl groups is 1. The molecule has 1 aromatic carbocycles. The molecule has 0 unspecified atom stereocenters. The maximum Gasteiger partial charge on any atom is 0.127 e. The normalized spacial score (nSPS) is 24.0. The number of piperazine rings is 1. The Hall–Kier alpha value is -0.650. The van der Waals surface area contributed by atoms with Crippen LogP contribution in [0.3, 0.4) is 0 Å². The van der Waals surface area contributed by atoms with Gasteiger partial charge in [0.25, 0.3) is 0 Å². The van der Waals surface area contributed by atoms with Gasteiger partial charge in [-0.1, -0.05) is 29.8 Å². The van der Waals surface area contributed by atoms with Gasteiger partial charge < -0.3 is 19.6 Å². The number of quaternary nitrogens is 2. The second-order valence-corrected chi connectivity index (χ2v) is 6.23. The van der Waals surface area contributed by atoms with E-state index in [0.717, 1.165) is 30.2 Å². The first-order chi connectivity index (χ1) is 10.2. The minimum absolute atomic E-state index is 0.374. The Morgan fingerprint density at radius 1 is 1.19 bits per heavy atom. The summed E-state index contributed by atoms with van der Waals surface area (Å²) in [6.07, 6.45) is -0.398. The quantitative estimate of drug-likeness (QED) is 0.605. The van der Waals surface area contributed by atoms with E-state index in [0.29, 0.717) is 13.2 Å². The lowest BCUT2D eigenvalue weighted by Gasteiger charge is -2.30. The first-order valence-corrected chi connectivity index (χ1v) is 8.23. The maximum absolute atomic E-state index is 10.1. The molecule has 1 heterocycles. The monoisotopic (exact) mass is 314 g/mol. The predicted molar refractivity (Wildman–Crippen MR) is 83.9 cm³/mol. The first-order valence-electron chi connectivity index (χ1n) is 7.85. The summed E-state index contributed by atoms with van der Waals surface area (Å²) in [5, 5.41) is 10.8. The Morgan fingerprint density at radius 2 is 1.86 bits per heavy atom. The van der Waals surface area contributed by atoms with Gasteiger partial charge in [-0.05, 0) is 18.6 Å². The number of aliphatic hydroxyl groups excluding tert-OH is 1. The van der Waals surface area contributed by atoms with Crippen molar-refractivity contribution in [2.75, 3.05) is 45.9 Å². The number of ether oxygens (including phenoxy) is 1. The fourth-order valence-electron chi connectivity index (χ4n) is 2.83. The molecule has 1 fully saturated rings. The van der Waals surface area contributed by atoms with Crippen molar-refractivity contribution < 1.29 is 19.6 Å². The minimum Gasteiger partial charge on any atom is -0.385 e. The number of hydrogen-bond acceptors (Lipinski definition) is 2. The van der Waals surface area contributed by atoms with Crippen LogP contribution < -0.4 is 9.80 Å². The highest BCUT2D eigenvalue weighted by atomic mass is 35.5. The van der Waals surface area contributed by atoms with Crippen LogP contribution in [-0.4, -0.2) is 57.1 Å². The zero-order valence-corrected chi connectivity index (χ0v) is 13.5. The topological polar surface area (TPSA) is 38.3 Å². The van der Waals surface area contributed by atoms with Crippen molar-refractivity contribution in [2.24, 2.45) is 0 Å². The largest absolute Gasteiger partial charge is 0.385 e. The summed E-state index contributed by atoms with van der Waals surface area (Å²) in [6, 6.07) is 7.66. The van der Waals surface area contributed by atoms with Gasteiger partial charge in [-0.15, -0.1) is 0 Å². The van der Waals surface area contributed by atoms with E-state index in [1.54, 1.807) is 4.90 Å². The van der Waals surface area contributed by atoms with Crippen LogP contribution in [0.4, 0.5) is 0 Å². The molecule has 0 aromatic heterocycles. The van der Waals surface area contributed by atoms with Gasteiger partial charge in [0.1, 0.15) is 38.8 Å². The minimum atomic E-state index is -0.398. The van der Waals surface area contributed by atoms with Crippen LogP contribution in [0.1, 0.15) is 12.5 Å². The smallest absolute Gasteiger partial charge is 0.127 e. The molecule has 118 valence electrons. The number of rotatable bonds is 7. The van der Waals surface area contributed by atoms with E-state index in [1.165, 1.54) is 24.5 Å². The Morgan fingerprint density at radius 3 is 2.52 bits per heavy atom. The average molecular weight is 315 g/mol. The Bertz CT molecular complexity index is 422. The number of halogens is 1. The number of hydrogen-bond donors (Lipinski definition) is 3. The lowest BCUT2D eigenvalue weighted by molar-refractivity contribution is -1.01. The SMILES string of the molecule is CC[NH+]1CC[NH+](C[C@@H](O)COCc2ccccc2Cl)CC1. The third-order valence-electron chi connectivity index (χ3n) is 4.21. The number of benzene rings is 1. The lowest BCUT2D eigenvalue weighted by Crippen LogP contribution is -3.28. The molecular formula is C16H27ClN2O2+2. The van der Waals surface area contributed by atoms with Gasteiger partial charge in [0.2, 0.25) is 0 Å². The molecule has 1 saturated heterocycles. The van der Waals surface area contributed by atoms with E-state index < -0.39 is 6.10 Å². The van der Waals surface area contributed by atoms with Gasteiger partial charge in [0, 0.05) is 5.02 Å². The zero-order valence-electron chi connectivity index (χ0n) is 12.8. The molecule has 0 radical (unpaired) electrons. The van der Waals surface area contributed by atoms with Gasteiger partial charge in [-0.25, -0.2) is 0 Å². The van der Waals surface area contributed by atoms with E-state index in [-0.39, 0.29) is 0 Å². The van der Waals surface area contributed by atoms with E-state index in [4.69, 9.17) is 16.3 Å². The molecule has 21 heavy (non-hydrogen) atoms. The maximum atomic E-state index is 10.1. The van der Waals surface area contributed by atoms with Crippen LogP contribution >= 0.6 is 11.6 Å². The molecule has 0 spiro atoms. The van der Waals surface area contributed by atoms with Gasteiger partial charge >= 0.3 is 0 Å². The summed E-state index contributed by atoms with van der Waals surface area (Å²) in [4.78, 5) is 3.16. The van der Waals surface area contributed by atoms with Gasteiger partial charge in [-0.3, -0.25) is 0 Å². The van der Waals surface area contributed by atoms with Crippen molar-refractivity contribution in [3.05, 3.63) is 34.9 Å². The van der Waals surface area contributed by atoms with E-state index in [2.05, 4.69) is 6.92 Å². The van der Waals surface area contributed by atoms with Crippen LogP contribution in [0.25, 0.3) is 0 Å². The van der Waals surface area contributed by atoms with Crippen molar-refractivity contribution in [2.45, 2.75) is 19.6 Å². The summed E-state index contributed by atoms with van der Waals surface area (Å²) < 4.78 is 5.59. The van der Waals surface area contributed by atoms with Crippen LogP contribution in [0.15, 0.2) is 24.3 Å². The van der Waals surface area contributed by atoms with Crippen molar-refractivity contribution in [3.63, 3.8) is 0 Å². The molecule has 1 atom stereocenters. The number of likely N-dealkylation sites (N-methyl/N-ethyl adjacent to an activating group) is 1. The number of nitrogens with one attached hydrogen (secondary N) is 2. The van der Waals surface area contributed by atoms with E-state index in [9.17, 15) is 5.11 Å². The molecule has 0 amide bonds. The molecule has 1 aromatic rings. The van der Waals surface area contributed by atoms with Gasteiger partial charge in [0.15, 0.2) is 0 Å². The summed E-state index contributed by atoms with van der Waals surface area (Å²) in [5.41, 5.74) is 0.971. The molecule has 1 aliphatic rings. The standard InChI is InChI=1S/C16H25ClN2O2/c1-2-18-7-9-19(10-8-18)11-15(20)13-21-12-14-5-3-4-6-16(14)17/h3-6,15,20H,2,7-13H2,1H3/p+2/t15-/m1/s1. The molecule has 5 heteroatoms. The molecule has 0 bridgehead atoms. The second kappa shape index (κ2) is 8.71. The molecule has 2 rings (SSSR count). The van der Waals surface area contributed by atoms with E-state index in [1.807, 2.05) is 24.3 Å². The van der Waals surface area contributed by atoms with E-state index >= 15 is 0 Å². The third-order valence-corrected chi connectivity index (χ3v) is 4.58. The van der Waals surface area contributed by atoms with Crippen molar-refractivity contribution in [1.82, 2.24) is 0 Å². The van der Waals surface area contributed by atoms with Crippen LogP contribution in [-0.2, 0) is 11.3 Å². The summed E-state index contributed by atoms with van der Waals surface area (Å²) >= 11 is 6.07. The Kier molecular flexibility index (Phi) is 6.93. The summed E-state index contributed by atoms with van der Waals surface area (Å²) in [6.45, 7) is 9.75. The van der Waals surface area contributed by atoms with Crippen LogP contribution in [0.5, 0.6) is 0 Å². The van der Waals surface area contributed by atoms with Crippen LogP contribution in [0, 0.1) is 0 Å². The fraction of sp³-hybridized carbons (Fsp3) is 0.625. The molecule has 3 N–H and O–H groups in total. The highest BCUT2D eigenvalue weighted by Gasteiger charge is 2.23. The molecule has 1 aliphatic heterocycles. The van der Waals surface area contributed by atoms with Gasteiger partial charge in [-0.2, -0.15) is 0 Å². The van der Waals surface area contributed by atoms with Gasteiger partial charge in [0.05, 0.1) is 19.8 Å². The molecule has 0 saturated carbocycles. The van der Waals surface area contributed by atoms with Crippen molar-refractivity contribution in [3.8, 4) is 0 Å². The highest BCUT2D eigenvalue weighted by Crippen LogP contribution is 2.15. The predicted octanol–water partition coefficient (Wildman–Crippen LogP) is -0.979. The molecule has 4 nitrogen and oxygen atoms in total. The Labute approximate surface area is 132 Å². The summed E-state index contributed by atoms with van der Waals surface area (Å²) in [7, 11) is 0. The van der Waals surface area contributed by atoms with Crippen LogP contribution in [0.2, 0.25) is 5.02 Å². The second-order valence-electron chi connectivity index (χ2n) is 5.82. The fourth-order valence-corrected chi connectivity index (χ4v) is 3.02. The first kappa shape index (κ1) is 16.7. The third kappa shape index (κ3) is 5.57. The molecular weight excluding hydrogens is 288 g/mol. The Balaban J connectivity index is 1.64. The highest BCUT2D eigenvalue weighted by molar-refractivity contribution is 6.31. The zero-order chi connectivity index (χ0) is 15.1. The molecule has 0 aliphatic carbocycles. The average Bonchev–Trinajstić information content (AvgIpc) is 2.50. The lowest BCUT2D eigenvalue weighted by atomic mass is 10.2. The van der Waals surface area contributed by atoms with Crippen molar-refractivity contribution in [1.29, 1.82) is 0 Å². The van der Waals surface area contributed by atoms with Crippen molar-refractivity contribution >= 4 is 11.6 Å². The summed E-state index contributed by atoms with van der Waals surface area (Å²) in [5.74, 6) is 0.